The molecular formula is C22H20N2O6S. The van der Waals surface area contributed by atoms with E-state index in [0.29, 0.717) is 17.0 Å². The first-order valence-corrected chi connectivity index (χ1v) is 10.1. The molecule has 1 aliphatic rings. The Labute approximate surface area is 183 Å². The summed E-state index contributed by atoms with van der Waals surface area (Å²) >= 11 is 0.756. The van der Waals surface area contributed by atoms with Crippen molar-refractivity contribution >= 4 is 46.5 Å². The number of hydrogen-bond acceptors (Lipinski definition) is 7. The van der Waals surface area contributed by atoms with Crippen molar-refractivity contribution in [3.8, 4) is 5.75 Å². The molecule has 31 heavy (non-hydrogen) atoms. The van der Waals surface area contributed by atoms with Gasteiger partial charge in [-0.1, -0.05) is 29.8 Å². The Morgan fingerprint density at radius 1 is 1.06 bits per heavy atom. The van der Waals surface area contributed by atoms with Crippen molar-refractivity contribution in [1.29, 1.82) is 0 Å². The van der Waals surface area contributed by atoms with Crippen molar-refractivity contribution in [3.05, 3.63) is 64.6 Å². The number of nitrogens with zero attached hydrogens (tertiary/aromatic N) is 1. The van der Waals surface area contributed by atoms with Crippen LogP contribution in [0.25, 0.3) is 6.08 Å². The molecule has 1 aliphatic heterocycles. The van der Waals surface area contributed by atoms with Gasteiger partial charge in [-0.05, 0) is 54.6 Å². The summed E-state index contributed by atoms with van der Waals surface area (Å²) in [6, 6.07) is 14.1. The van der Waals surface area contributed by atoms with Gasteiger partial charge in [0.2, 0.25) is 0 Å². The Hall–Kier alpha value is -3.59. The number of carbonyl (C=O) groups is 4. The van der Waals surface area contributed by atoms with E-state index in [-0.39, 0.29) is 17.4 Å². The SMILES string of the molecule is COC(=O)CN1C(=O)S/C(=C\c2ccc(OCC(=O)Nc3ccc(C)cc3)cc2)C1=O. The third-order valence-corrected chi connectivity index (χ3v) is 5.18. The van der Waals surface area contributed by atoms with Crippen molar-refractivity contribution in [2.75, 3.05) is 25.6 Å². The number of esters is 1. The summed E-state index contributed by atoms with van der Waals surface area (Å²) in [5.74, 6) is -1.02. The van der Waals surface area contributed by atoms with Crippen molar-refractivity contribution < 1.29 is 28.7 Å². The minimum Gasteiger partial charge on any atom is -0.484 e. The second-order valence-corrected chi connectivity index (χ2v) is 7.61. The van der Waals surface area contributed by atoms with Gasteiger partial charge >= 0.3 is 5.97 Å². The van der Waals surface area contributed by atoms with Crippen LogP contribution in [0.5, 0.6) is 5.75 Å². The first kappa shape index (κ1) is 22.1. The molecule has 3 rings (SSSR count). The van der Waals surface area contributed by atoms with Crippen LogP contribution in [0.15, 0.2) is 53.4 Å². The summed E-state index contributed by atoms with van der Waals surface area (Å²) in [5.41, 5.74) is 2.46. The Morgan fingerprint density at radius 2 is 1.74 bits per heavy atom. The van der Waals surface area contributed by atoms with E-state index in [4.69, 9.17) is 4.74 Å². The molecule has 1 fully saturated rings. The van der Waals surface area contributed by atoms with E-state index >= 15 is 0 Å². The molecule has 1 N–H and O–H groups in total. The minimum atomic E-state index is -0.670. The fourth-order valence-corrected chi connectivity index (χ4v) is 3.46. The Kier molecular flexibility index (Phi) is 7.09. The lowest BCUT2D eigenvalue weighted by Crippen LogP contribution is -2.34. The summed E-state index contributed by atoms with van der Waals surface area (Å²) in [5, 5.41) is 2.22. The van der Waals surface area contributed by atoms with Gasteiger partial charge in [-0.3, -0.25) is 24.1 Å². The Bertz CT molecular complexity index is 1030. The van der Waals surface area contributed by atoms with Gasteiger partial charge in [0, 0.05) is 5.69 Å². The van der Waals surface area contributed by atoms with Crippen molar-refractivity contribution in [2.45, 2.75) is 6.92 Å². The smallest absolute Gasteiger partial charge is 0.325 e. The monoisotopic (exact) mass is 440 g/mol. The molecule has 0 saturated carbocycles. The normalized spacial score (nSPS) is 14.6. The molecule has 1 saturated heterocycles. The van der Waals surface area contributed by atoms with E-state index in [1.54, 1.807) is 30.3 Å². The number of imide groups is 1. The van der Waals surface area contributed by atoms with Gasteiger partial charge in [0.25, 0.3) is 17.1 Å². The standard InChI is InChI=1S/C22H20N2O6S/c1-14-3-7-16(8-4-14)23-19(25)13-30-17-9-5-15(6-10-17)11-18-21(27)24(22(28)31-18)12-20(26)29-2/h3-11H,12-13H2,1-2H3,(H,23,25)/b18-11-. The van der Waals surface area contributed by atoms with Crippen LogP contribution in [0.2, 0.25) is 0 Å². The molecule has 0 spiro atoms. The predicted octanol–water partition coefficient (Wildman–Crippen LogP) is 3.22. The van der Waals surface area contributed by atoms with Crippen molar-refractivity contribution in [2.24, 2.45) is 0 Å². The van der Waals surface area contributed by atoms with Crippen LogP contribution >= 0.6 is 11.8 Å². The van der Waals surface area contributed by atoms with E-state index in [2.05, 4.69) is 10.1 Å². The second-order valence-electron chi connectivity index (χ2n) is 6.62. The number of hydrogen-bond donors (Lipinski definition) is 1. The first-order chi connectivity index (χ1) is 14.9. The number of aryl methyl sites for hydroxylation is 1. The molecule has 0 bridgehead atoms. The molecule has 2 aromatic rings. The Balaban J connectivity index is 1.55. The number of nitrogens with one attached hydrogen (secondary N) is 1. The van der Waals surface area contributed by atoms with Crippen LogP contribution < -0.4 is 10.1 Å². The molecule has 3 amide bonds. The van der Waals surface area contributed by atoms with Gasteiger partial charge in [0.1, 0.15) is 12.3 Å². The van der Waals surface area contributed by atoms with Gasteiger partial charge < -0.3 is 14.8 Å². The highest BCUT2D eigenvalue weighted by Crippen LogP contribution is 2.32. The zero-order chi connectivity index (χ0) is 22.4. The summed E-state index contributed by atoms with van der Waals surface area (Å²) in [6.45, 7) is 1.39. The van der Waals surface area contributed by atoms with Crippen molar-refractivity contribution in [3.63, 3.8) is 0 Å². The maximum atomic E-state index is 12.3. The number of carbonyl (C=O) groups excluding carboxylic acids is 4. The second kappa shape index (κ2) is 9.94. The van der Waals surface area contributed by atoms with Crippen LogP contribution in [-0.4, -0.2) is 48.2 Å². The van der Waals surface area contributed by atoms with Crippen molar-refractivity contribution in [1.82, 2.24) is 4.90 Å². The zero-order valence-corrected chi connectivity index (χ0v) is 17.7. The van der Waals surface area contributed by atoms with E-state index in [1.165, 1.54) is 7.11 Å². The molecule has 2 aromatic carbocycles. The average molecular weight is 440 g/mol. The predicted molar refractivity (Wildman–Crippen MR) is 116 cm³/mol. The Morgan fingerprint density at radius 3 is 2.39 bits per heavy atom. The van der Waals surface area contributed by atoms with Gasteiger partial charge in [0.15, 0.2) is 6.61 Å². The number of amides is 3. The molecule has 0 unspecified atom stereocenters. The van der Waals surface area contributed by atoms with E-state index in [0.717, 1.165) is 22.2 Å². The van der Waals surface area contributed by atoms with E-state index < -0.39 is 23.7 Å². The molecule has 1 heterocycles. The lowest BCUT2D eigenvalue weighted by Gasteiger charge is -2.09. The molecular weight excluding hydrogens is 420 g/mol. The molecule has 0 aliphatic carbocycles. The number of methoxy groups -OCH3 is 1. The van der Waals surface area contributed by atoms with Gasteiger partial charge in [-0.15, -0.1) is 0 Å². The first-order valence-electron chi connectivity index (χ1n) is 9.27. The minimum absolute atomic E-state index is 0.153. The third-order valence-electron chi connectivity index (χ3n) is 4.27. The highest BCUT2D eigenvalue weighted by Gasteiger charge is 2.36. The quantitative estimate of drug-likeness (QED) is 0.521. The summed E-state index contributed by atoms with van der Waals surface area (Å²) in [6.07, 6.45) is 1.55. The van der Waals surface area contributed by atoms with Gasteiger partial charge in [-0.2, -0.15) is 0 Å². The topological polar surface area (TPSA) is 102 Å². The van der Waals surface area contributed by atoms with Crippen LogP contribution in [0, 0.1) is 6.92 Å². The molecule has 0 radical (unpaired) electrons. The number of thioether (sulfide) groups is 1. The van der Waals surface area contributed by atoms with E-state index in [1.807, 2.05) is 31.2 Å². The number of ether oxygens (including phenoxy) is 2. The largest absolute Gasteiger partial charge is 0.484 e. The zero-order valence-electron chi connectivity index (χ0n) is 16.9. The number of benzene rings is 2. The molecule has 8 nitrogen and oxygen atoms in total. The molecule has 9 heteroatoms. The number of rotatable bonds is 7. The fourth-order valence-electron chi connectivity index (χ4n) is 2.62. The third kappa shape index (κ3) is 5.95. The van der Waals surface area contributed by atoms with Crippen LogP contribution in [0.4, 0.5) is 10.5 Å². The highest BCUT2D eigenvalue weighted by atomic mass is 32.2. The van der Waals surface area contributed by atoms with Crippen LogP contribution in [0.1, 0.15) is 11.1 Å². The molecule has 160 valence electrons. The van der Waals surface area contributed by atoms with Gasteiger partial charge in [0.05, 0.1) is 12.0 Å². The van der Waals surface area contributed by atoms with Crippen LogP contribution in [0.3, 0.4) is 0 Å². The molecule has 0 atom stereocenters. The maximum Gasteiger partial charge on any atom is 0.325 e. The summed E-state index contributed by atoms with van der Waals surface area (Å²) < 4.78 is 9.98. The van der Waals surface area contributed by atoms with Gasteiger partial charge in [-0.25, -0.2) is 0 Å². The molecule has 0 aromatic heterocycles. The number of anilines is 1. The summed E-state index contributed by atoms with van der Waals surface area (Å²) in [7, 11) is 1.19. The van der Waals surface area contributed by atoms with E-state index in [9.17, 15) is 19.2 Å². The maximum absolute atomic E-state index is 12.3. The average Bonchev–Trinajstić information content (AvgIpc) is 3.02. The highest BCUT2D eigenvalue weighted by molar-refractivity contribution is 8.18. The fraction of sp³-hybridized carbons (Fsp3) is 0.182. The summed E-state index contributed by atoms with van der Waals surface area (Å²) in [4.78, 5) is 48.7. The van der Waals surface area contributed by atoms with Crippen LogP contribution in [-0.2, 0) is 19.1 Å². The lowest BCUT2D eigenvalue weighted by atomic mass is 10.2. The lowest BCUT2D eigenvalue weighted by molar-refractivity contribution is -0.143.